The summed E-state index contributed by atoms with van der Waals surface area (Å²) in [6.07, 6.45) is -3.47. The number of piperidine rings is 2. The van der Waals surface area contributed by atoms with Gasteiger partial charge in [-0.3, -0.25) is 34.2 Å². The molecule has 22 heteroatoms. The molecule has 416 valence electrons. The summed E-state index contributed by atoms with van der Waals surface area (Å²) in [7, 11) is 0. The third-order valence-electron chi connectivity index (χ3n) is 14.8. The van der Waals surface area contributed by atoms with Crippen molar-refractivity contribution < 1.29 is 56.6 Å². The number of hydrogen-bond donors (Lipinski definition) is 6. The van der Waals surface area contributed by atoms with Crippen molar-refractivity contribution in [3.63, 3.8) is 0 Å². The molecule has 3 aliphatic heterocycles. The Bertz CT molecular complexity index is 3440. The number of likely N-dealkylation sites (tertiary alicyclic amines) is 2. The summed E-state index contributed by atoms with van der Waals surface area (Å²) in [6, 6.07) is 25.3. The number of ether oxygens (including phenoxy) is 1. The quantitative estimate of drug-likeness (QED) is 0.0364. The number of benzene rings is 4. The Balaban J connectivity index is 0.863. The minimum Gasteiger partial charge on any atom is -0.449 e. The van der Waals surface area contributed by atoms with E-state index in [1.54, 1.807) is 88.7 Å². The Morgan fingerprint density at radius 3 is 2.08 bits per heavy atom. The number of nitriles is 1. The lowest BCUT2D eigenvalue weighted by molar-refractivity contribution is -0.186. The van der Waals surface area contributed by atoms with Crippen LogP contribution in [0.25, 0.3) is 38.5 Å². The van der Waals surface area contributed by atoms with Gasteiger partial charge in [0.05, 0.1) is 46.2 Å². The van der Waals surface area contributed by atoms with E-state index in [9.17, 15) is 57.1 Å². The summed E-state index contributed by atoms with van der Waals surface area (Å²) in [5, 5.41) is 31.1. The van der Waals surface area contributed by atoms with Gasteiger partial charge in [0.2, 0.25) is 5.78 Å². The van der Waals surface area contributed by atoms with E-state index < -0.39 is 54.0 Å². The number of aliphatic hydroxyl groups is 1. The first-order valence-electron chi connectivity index (χ1n) is 26.3. The molecule has 3 fully saturated rings. The lowest BCUT2D eigenvalue weighted by Crippen LogP contribution is -2.58. The average molecular weight is 1100 g/mol. The van der Waals surface area contributed by atoms with Crippen LogP contribution in [0.15, 0.2) is 103 Å². The predicted octanol–water partition coefficient (Wildman–Crippen LogP) is 8.33. The second kappa shape index (κ2) is 23.7. The number of para-hydroxylation sites is 1. The lowest BCUT2D eigenvalue weighted by Gasteiger charge is -2.41. The third-order valence-corrected chi connectivity index (χ3v) is 14.8. The monoisotopic (exact) mass is 1100 g/mol. The normalized spacial score (nSPS) is 16.8. The number of halogens is 3. The van der Waals surface area contributed by atoms with Crippen molar-refractivity contribution in [2.24, 2.45) is 5.92 Å². The predicted molar refractivity (Wildman–Crippen MR) is 291 cm³/mol. The minimum absolute atomic E-state index is 0.0697. The Hall–Kier alpha value is -8.81. The number of aromatic nitrogens is 2. The number of nitrogens with zero attached hydrogens (tertiary/aromatic N) is 5. The van der Waals surface area contributed by atoms with E-state index >= 15 is 0 Å². The number of aromatic amines is 2. The molecular formula is C58H59F3N10O9. The zero-order valence-electron chi connectivity index (χ0n) is 44.1. The molecule has 1 unspecified atom stereocenters. The van der Waals surface area contributed by atoms with Gasteiger partial charge in [0, 0.05) is 92.2 Å². The smallest absolute Gasteiger partial charge is 0.449 e. The second-order valence-corrected chi connectivity index (χ2v) is 20.6. The molecule has 6 aromatic rings. The molecule has 3 aliphatic rings. The summed E-state index contributed by atoms with van der Waals surface area (Å²) in [5.41, 5.74) is 5.30. The molecule has 9 rings (SSSR count). The first-order chi connectivity index (χ1) is 38.3. The maximum Gasteiger partial charge on any atom is 0.471 e. The number of ketones is 2. The number of aliphatic hydroxyl groups excluding tert-OH is 1. The fourth-order valence-electron chi connectivity index (χ4n) is 10.5. The number of carbonyl (C=O) groups is 7. The number of allylic oxidation sites excluding steroid dienone is 1. The first kappa shape index (κ1) is 55.9. The largest absolute Gasteiger partial charge is 0.471 e. The molecule has 5 heterocycles. The number of Topliss-reactive ketones (excluding diaryl/α,β-unsaturated/α-hetero) is 2. The zero-order valence-corrected chi connectivity index (χ0v) is 44.1. The maximum absolute atomic E-state index is 14.3. The summed E-state index contributed by atoms with van der Waals surface area (Å²) >= 11 is 0. The van der Waals surface area contributed by atoms with Gasteiger partial charge in [-0.25, -0.2) is 9.59 Å². The van der Waals surface area contributed by atoms with Crippen LogP contribution in [0.1, 0.15) is 83.1 Å². The number of hydrogen-bond acceptors (Lipinski definition) is 11. The average Bonchev–Trinajstić information content (AvgIpc) is 4.12. The number of rotatable bonds is 13. The maximum atomic E-state index is 14.3. The van der Waals surface area contributed by atoms with Gasteiger partial charge in [-0.2, -0.15) is 18.4 Å². The molecule has 4 aromatic carbocycles. The number of nitrogens with one attached hydrogen (secondary N) is 5. The number of anilines is 2. The van der Waals surface area contributed by atoms with Gasteiger partial charge < -0.3 is 45.1 Å². The first-order valence-corrected chi connectivity index (χ1v) is 26.3. The van der Waals surface area contributed by atoms with Gasteiger partial charge in [0.15, 0.2) is 6.23 Å². The van der Waals surface area contributed by atoms with E-state index in [0.717, 1.165) is 5.57 Å². The molecule has 19 nitrogen and oxygen atoms in total. The number of carbonyl (C=O) groups excluding carboxylic acids is 7. The minimum atomic E-state index is -4.98. The van der Waals surface area contributed by atoms with Crippen LogP contribution in [0.2, 0.25) is 0 Å². The molecule has 6 N–H and O–H groups in total. The van der Waals surface area contributed by atoms with Gasteiger partial charge in [-0.1, -0.05) is 68.4 Å². The number of alkyl halides is 3. The highest BCUT2D eigenvalue weighted by molar-refractivity contribution is 6.45. The number of piperazine rings is 1. The highest BCUT2D eigenvalue weighted by Gasteiger charge is 2.43. The van der Waals surface area contributed by atoms with E-state index in [-0.39, 0.29) is 86.9 Å². The van der Waals surface area contributed by atoms with Gasteiger partial charge in [0.1, 0.15) is 0 Å². The Morgan fingerprint density at radius 1 is 0.750 bits per heavy atom. The van der Waals surface area contributed by atoms with E-state index in [0.29, 0.717) is 86.2 Å². The topological polar surface area (TPSA) is 253 Å². The van der Waals surface area contributed by atoms with Crippen molar-refractivity contribution in [1.82, 2.24) is 34.9 Å². The Kier molecular flexibility index (Phi) is 16.5. The molecule has 0 bridgehead atoms. The van der Waals surface area contributed by atoms with Crippen LogP contribution in [0, 0.1) is 17.2 Å². The Labute approximate surface area is 457 Å². The summed E-state index contributed by atoms with van der Waals surface area (Å²) < 4.78 is 44.1. The number of fused-ring (bicyclic) bond motifs is 2. The van der Waals surface area contributed by atoms with Crippen molar-refractivity contribution in [1.29, 1.82) is 5.26 Å². The van der Waals surface area contributed by atoms with Crippen molar-refractivity contribution in [3.8, 4) is 17.2 Å². The highest BCUT2D eigenvalue weighted by Crippen LogP contribution is 2.36. The molecule has 80 heavy (non-hydrogen) atoms. The van der Waals surface area contributed by atoms with E-state index in [4.69, 9.17) is 4.74 Å². The van der Waals surface area contributed by atoms with Gasteiger partial charge in [0.25, 0.3) is 17.6 Å². The van der Waals surface area contributed by atoms with Crippen molar-refractivity contribution in [3.05, 3.63) is 125 Å². The lowest BCUT2D eigenvalue weighted by atomic mass is 9.92. The van der Waals surface area contributed by atoms with Crippen LogP contribution in [0.4, 0.5) is 34.1 Å². The van der Waals surface area contributed by atoms with Crippen LogP contribution >= 0.6 is 0 Å². The van der Waals surface area contributed by atoms with Crippen LogP contribution in [0.3, 0.4) is 0 Å². The van der Waals surface area contributed by atoms with Crippen molar-refractivity contribution in [2.75, 3.05) is 63.1 Å². The molecule has 0 radical (unpaired) electrons. The molecule has 0 aliphatic carbocycles. The fraction of sp³-hybridized carbons (Fsp3) is 0.345. The molecule has 2 atom stereocenters. The standard InChI is InChI=1S/C58H59F3N10O9/c1-33(2)32-80-57(79)67-47-27-39(26-42-45(30-64-49(42)47)51(73)54(76)71-25-24-70(31-34(71)3)52(74)38-8-5-4-6-9-38)35-12-14-36(15-13-35)43(28-62)37-16-20-68(21-17-37)53(75)50(72)44-29-63-48-41(44)10-7-11-46(48)66-56(78)65-40-18-22-69(23-19-40)55(77)58(59,60)61/h4-15,26-27,29-30,33-34,40,54,63-64,76H,16-25,31-32H2,1-3H3,(H,67,79)(H2,65,66,78)/t34-,54?/m1/s1. The van der Waals surface area contributed by atoms with E-state index in [2.05, 4.69) is 32.0 Å². The van der Waals surface area contributed by atoms with Crippen LogP contribution < -0.4 is 16.0 Å². The SMILES string of the molecule is CC(C)COC(=O)Nc1cc(-c2ccc(C(C#N)=C3CCN(C(=O)C(=O)c4c[nH]c5c(NC(=O)NC6CCN(C(=O)C(F)(F)F)CC6)cccc45)CC3)cc2)cc2c(C(=O)C(O)N3CCN(C(=O)c4ccccc4)C[C@H]3C)c[nH]c12. The number of H-pyrrole nitrogens is 2. The van der Waals surface area contributed by atoms with E-state index in [1.807, 2.05) is 26.8 Å². The summed E-state index contributed by atoms with van der Waals surface area (Å²) in [4.78, 5) is 104. The zero-order chi connectivity index (χ0) is 57.0. The van der Waals surface area contributed by atoms with E-state index in [1.165, 1.54) is 17.3 Å². The molecule has 0 saturated carbocycles. The molecule has 2 aromatic heterocycles. The molecule has 3 saturated heterocycles. The molecule has 6 amide bonds. The van der Waals surface area contributed by atoms with Gasteiger partial charge in [-0.05, 0) is 91.1 Å². The number of urea groups is 1. The second-order valence-electron chi connectivity index (χ2n) is 20.6. The fourth-order valence-corrected chi connectivity index (χ4v) is 10.5. The van der Waals surface area contributed by atoms with Crippen LogP contribution in [-0.2, 0) is 14.3 Å². The van der Waals surface area contributed by atoms with Gasteiger partial charge in [-0.15, -0.1) is 0 Å². The van der Waals surface area contributed by atoms with Gasteiger partial charge >= 0.3 is 24.2 Å². The Morgan fingerprint density at radius 2 is 1.43 bits per heavy atom. The summed E-state index contributed by atoms with van der Waals surface area (Å²) in [6.45, 7) is 6.65. The molecular weight excluding hydrogens is 1040 g/mol. The van der Waals surface area contributed by atoms with Crippen molar-refractivity contribution in [2.45, 2.75) is 70.9 Å². The number of amides is 6. The third kappa shape index (κ3) is 12.1. The molecule has 0 spiro atoms. The van der Waals surface area contributed by atoms with Crippen LogP contribution in [-0.4, -0.2) is 153 Å². The van der Waals surface area contributed by atoms with Crippen LogP contribution in [0.5, 0.6) is 0 Å². The van der Waals surface area contributed by atoms with Crippen molar-refractivity contribution >= 4 is 80.2 Å². The highest BCUT2D eigenvalue weighted by atomic mass is 19.4. The summed E-state index contributed by atoms with van der Waals surface area (Å²) in [5.74, 6) is -4.08.